The zero-order chi connectivity index (χ0) is 16.6. The van der Waals surface area contributed by atoms with Gasteiger partial charge in [0, 0.05) is 19.8 Å². The number of carbonyl (C=O) groups is 3. The molecule has 2 bridgehead atoms. The van der Waals surface area contributed by atoms with Crippen LogP contribution in [0.4, 0.5) is 0 Å². The number of hydrogen-bond acceptors (Lipinski definition) is 6. The monoisotopic (exact) mass is 320 g/mol. The third-order valence-corrected chi connectivity index (χ3v) is 6.45. The molecule has 5 atom stereocenters. The highest BCUT2D eigenvalue weighted by Crippen LogP contribution is 2.69. The molecule has 0 N–H and O–H groups in total. The van der Waals surface area contributed by atoms with Crippen molar-refractivity contribution < 1.29 is 28.6 Å². The predicted octanol–water partition coefficient (Wildman–Crippen LogP) is 0.970. The number of carbonyl (C=O) groups excluding carboxylic acids is 3. The van der Waals surface area contributed by atoms with Crippen LogP contribution in [0.5, 0.6) is 0 Å². The van der Waals surface area contributed by atoms with Crippen LogP contribution >= 0.6 is 0 Å². The molecule has 124 valence electrons. The number of epoxide rings is 1. The molecule has 6 nitrogen and oxygen atoms in total. The first-order valence-corrected chi connectivity index (χ1v) is 7.94. The Labute approximate surface area is 134 Å². The number of hydrogen-bond donors (Lipinski definition) is 0. The Hall–Kier alpha value is -1.53. The van der Waals surface area contributed by atoms with E-state index in [1.165, 1.54) is 6.92 Å². The summed E-state index contributed by atoms with van der Waals surface area (Å²) in [6.45, 7) is 5.38. The number of ketones is 2. The van der Waals surface area contributed by atoms with Gasteiger partial charge in [-0.1, -0.05) is 0 Å². The van der Waals surface area contributed by atoms with Gasteiger partial charge in [-0.3, -0.25) is 14.4 Å². The molecule has 0 aromatic heterocycles. The summed E-state index contributed by atoms with van der Waals surface area (Å²) in [7, 11) is 0. The van der Waals surface area contributed by atoms with Gasteiger partial charge in [0.2, 0.25) is 0 Å². The molecule has 0 aromatic carbocycles. The highest BCUT2D eigenvalue weighted by atomic mass is 16.6. The van der Waals surface area contributed by atoms with Crippen LogP contribution in [0.1, 0.15) is 33.6 Å². The highest BCUT2D eigenvalue weighted by molar-refractivity contribution is 5.99. The van der Waals surface area contributed by atoms with Crippen molar-refractivity contribution in [3.8, 4) is 0 Å². The lowest BCUT2D eigenvalue weighted by atomic mass is 9.51. The van der Waals surface area contributed by atoms with Crippen LogP contribution in [0.3, 0.4) is 0 Å². The van der Waals surface area contributed by atoms with Crippen LogP contribution in [0, 0.1) is 10.8 Å². The molecule has 1 unspecified atom stereocenters. The second kappa shape index (κ2) is 4.30. The van der Waals surface area contributed by atoms with Crippen molar-refractivity contribution in [1.29, 1.82) is 0 Å². The summed E-state index contributed by atoms with van der Waals surface area (Å²) >= 11 is 0. The Morgan fingerprint density at radius 3 is 2.74 bits per heavy atom. The summed E-state index contributed by atoms with van der Waals surface area (Å²) in [5.74, 6) is -0.429. The van der Waals surface area contributed by atoms with E-state index in [1.54, 1.807) is 13.0 Å². The van der Waals surface area contributed by atoms with Crippen LogP contribution in [0.15, 0.2) is 11.6 Å². The molecule has 1 saturated carbocycles. The number of ether oxygens (including phenoxy) is 3. The second-order valence-electron chi connectivity index (χ2n) is 7.36. The van der Waals surface area contributed by atoms with Gasteiger partial charge in [-0.2, -0.15) is 0 Å². The molecular weight excluding hydrogens is 300 g/mol. The highest BCUT2D eigenvalue weighted by Gasteiger charge is 2.82. The number of allylic oxidation sites excluding steroid dienone is 1. The fraction of sp³-hybridized carbons (Fsp3) is 0.706. The van der Waals surface area contributed by atoms with E-state index in [2.05, 4.69) is 0 Å². The Balaban J connectivity index is 1.87. The largest absolute Gasteiger partial charge is 0.465 e. The average molecular weight is 320 g/mol. The molecule has 1 spiro atoms. The van der Waals surface area contributed by atoms with Crippen molar-refractivity contribution in [3.63, 3.8) is 0 Å². The Kier molecular flexibility index (Phi) is 2.81. The summed E-state index contributed by atoms with van der Waals surface area (Å²) in [5.41, 5.74) is -1.80. The SMILES string of the molecule is CC(=O)OC[C@]12CC(=O)C(C)=C[C@H]1O[C@@H]1CC(=O)[C@@]2(C)C12CO2. The summed E-state index contributed by atoms with van der Waals surface area (Å²) in [6.07, 6.45) is 1.50. The lowest BCUT2D eigenvalue weighted by Gasteiger charge is -2.55. The minimum Gasteiger partial charge on any atom is -0.465 e. The molecule has 0 aromatic rings. The zero-order valence-electron chi connectivity index (χ0n) is 13.5. The van der Waals surface area contributed by atoms with Gasteiger partial charge < -0.3 is 14.2 Å². The van der Waals surface area contributed by atoms with Gasteiger partial charge in [-0.15, -0.1) is 0 Å². The van der Waals surface area contributed by atoms with Crippen molar-refractivity contribution in [3.05, 3.63) is 11.6 Å². The van der Waals surface area contributed by atoms with Crippen LogP contribution < -0.4 is 0 Å². The van der Waals surface area contributed by atoms with Crippen molar-refractivity contribution in [2.24, 2.45) is 10.8 Å². The van der Waals surface area contributed by atoms with Gasteiger partial charge in [0.25, 0.3) is 0 Å². The quantitative estimate of drug-likeness (QED) is 0.557. The third kappa shape index (κ3) is 1.58. The summed E-state index contributed by atoms with van der Waals surface area (Å²) in [5, 5.41) is 0. The third-order valence-electron chi connectivity index (χ3n) is 6.45. The van der Waals surface area contributed by atoms with E-state index in [1.807, 2.05) is 6.92 Å². The van der Waals surface area contributed by atoms with E-state index in [9.17, 15) is 14.4 Å². The number of fused-ring (bicyclic) bond motifs is 2. The topological polar surface area (TPSA) is 82.2 Å². The van der Waals surface area contributed by atoms with Crippen molar-refractivity contribution in [2.75, 3.05) is 13.2 Å². The molecular formula is C17H20O6. The van der Waals surface area contributed by atoms with Crippen molar-refractivity contribution in [1.82, 2.24) is 0 Å². The second-order valence-corrected chi connectivity index (χ2v) is 7.36. The van der Waals surface area contributed by atoms with Crippen LogP contribution in [-0.4, -0.2) is 48.6 Å². The first-order chi connectivity index (χ1) is 10.8. The van der Waals surface area contributed by atoms with Gasteiger partial charge in [0.15, 0.2) is 5.78 Å². The number of Topliss-reactive ketones (excluding diaryl/α,β-unsaturated/α-hetero) is 2. The molecule has 23 heavy (non-hydrogen) atoms. The maximum atomic E-state index is 12.9. The minimum absolute atomic E-state index is 0.0113. The Morgan fingerprint density at radius 1 is 1.43 bits per heavy atom. The summed E-state index contributed by atoms with van der Waals surface area (Å²) in [4.78, 5) is 36.7. The maximum absolute atomic E-state index is 12.9. The first-order valence-electron chi connectivity index (χ1n) is 7.94. The van der Waals surface area contributed by atoms with Gasteiger partial charge in [-0.05, 0) is 25.5 Å². The van der Waals surface area contributed by atoms with Crippen molar-refractivity contribution in [2.45, 2.75) is 51.4 Å². The normalized spacial score (nSPS) is 47.3. The first kappa shape index (κ1) is 15.0. The molecule has 4 rings (SSSR count). The Bertz CT molecular complexity index is 660. The Morgan fingerprint density at radius 2 is 2.13 bits per heavy atom. The molecule has 2 aliphatic carbocycles. The van der Waals surface area contributed by atoms with E-state index in [0.29, 0.717) is 12.2 Å². The minimum atomic E-state index is -0.893. The van der Waals surface area contributed by atoms with Gasteiger partial charge in [0.05, 0.1) is 29.6 Å². The summed E-state index contributed by atoms with van der Waals surface area (Å²) in [6, 6.07) is 0. The van der Waals surface area contributed by atoms with Gasteiger partial charge in [-0.25, -0.2) is 0 Å². The van der Waals surface area contributed by atoms with Crippen LogP contribution in [0.2, 0.25) is 0 Å². The molecule has 0 radical (unpaired) electrons. The van der Waals surface area contributed by atoms with Crippen LogP contribution in [-0.2, 0) is 28.6 Å². The van der Waals surface area contributed by atoms with E-state index >= 15 is 0 Å². The smallest absolute Gasteiger partial charge is 0.302 e. The molecule has 2 aliphatic heterocycles. The zero-order valence-corrected chi connectivity index (χ0v) is 13.5. The lowest BCUT2D eigenvalue weighted by molar-refractivity contribution is -0.214. The molecule has 4 aliphatic rings. The molecule has 2 heterocycles. The van der Waals surface area contributed by atoms with Crippen LogP contribution in [0.25, 0.3) is 0 Å². The molecule has 3 fully saturated rings. The molecule has 2 saturated heterocycles. The van der Waals surface area contributed by atoms with Crippen molar-refractivity contribution >= 4 is 17.5 Å². The van der Waals surface area contributed by atoms with E-state index in [0.717, 1.165) is 0 Å². The number of rotatable bonds is 2. The fourth-order valence-electron chi connectivity index (χ4n) is 4.83. The van der Waals surface area contributed by atoms with Gasteiger partial charge in [0.1, 0.15) is 18.0 Å². The molecule has 6 heteroatoms. The summed E-state index contributed by atoms with van der Waals surface area (Å²) < 4.78 is 17.2. The lowest BCUT2D eigenvalue weighted by Crippen LogP contribution is -2.66. The predicted molar refractivity (Wildman–Crippen MR) is 77.5 cm³/mol. The average Bonchev–Trinajstić information content (AvgIpc) is 3.25. The molecule has 0 amide bonds. The van der Waals surface area contributed by atoms with E-state index < -0.39 is 28.5 Å². The van der Waals surface area contributed by atoms with E-state index in [4.69, 9.17) is 14.2 Å². The van der Waals surface area contributed by atoms with E-state index in [-0.39, 0.29) is 37.1 Å². The fourth-order valence-corrected chi connectivity index (χ4v) is 4.83. The maximum Gasteiger partial charge on any atom is 0.302 e. The standard InChI is InChI=1S/C17H20O6/c1-9-4-13-16(6-11(9)19,7-21-10(2)18)15(3)12(20)5-14(23-13)17(15)8-22-17/h4,13-14H,5-8H2,1-3H3/t13-,14-,15-,16-,17?/m1/s1. The van der Waals surface area contributed by atoms with Gasteiger partial charge >= 0.3 is 5.97 Å². The number of esters is 1.